The number of benzene rings is 1. The fraction of sp³-hybridized carbons (Fsp3) is 0.357. The van der Waals surface area contributed by atoms with Crippen molar-refractivity contribution in [3.05, 3.63) is 35.9 Å². The highest BCUT2D eigenvalue weighted by molar-refractivity contribution is 7.98. The lowest BCUT2D eigenvalue weighted by Crippen LogP contribution is -2.07. The fourth-order valence-corrected chi connectivity index (χ4v) is 2.34. The SMILES string of the molecule is CCNc1nc(OCC)nc(SCc2ccccc2)n1. The van der Waals surface area contributed by atoms with Crippen LogP contribution in [0.4, 0.5) is 5.95 Å². The molecule has 1 N–H and O–H groups in total. The molecule has 0 aliphatic heterocycles. The smallest absolute Gasteiger partial charge is 0.322 e. The molecule has 1 aromatic heterocycles. The molecule has 0 bridgehead atoms. The van der Waals surface area contributed by atoms with Gasteiger partial charge in [0.05, 0.1) is 6.61 Å². The van der Waals surface area contributed by atoms with Gasteiger partial charge in [-0.25, -0.2) is 0 Å². The Bertz CT molecular complexity index is 512. The van der Waals surface area contributed by atoms with Crippen molar-refractivity contribution in [2.45, 2.75) is 24.8 Å². The van der Waals surface area contributed by atoms with Crippen molar-refractivity contribution in [1.82, 2.24) is 15.0 Å². The zero-order valence-electron chi connectivity index (χ0n) is 11.7. The first-order valence-corrected chi connectivity index (χ1v) is 7.59. The first-order valence-electron chi connectivity index (χ1n) is 6.61. The van der Waals surface area contributed by atoms with Gasteiger partial charge >= 0.3 is 6.01 Å². The van der Waals surface area contributed by atoms with E-state index < -0.39 is 0 Å². The normalized spacial score (nSPS) is 10.3. The second kappa shape index (κ2) is 7.69. The van der Waals surface area contributed by atoms with Crippen molar-refractivity contribution in [3.8, 4) is 6.01 Å². The van der Waals surface area contributed by atoms with E-state index in [1.165, 1.54) is 5.56 Å². The third-order valence-electron chi connectivity index (χ3n) is 2.41. The van der Waals surface area contributed by atoms with Gasteiger partial charge in [0.15, 0.2) is 5.16 Å². The molecule has 0 atom stereocenters. The van der Waals surface area contributed by atoms with Gasteiger partial charge < -0.3 is 10.1 Å². The summed E-state index contributed by atoms with van der Waals surface area (Å²) in [6.45, 7) is 5.21. The minimum atomic E-state index is 0.369. The molecular formula is C14H18N4OS. The van der Waals surface area contributed by atoms with Gasteiger partial charge in [-0.05, 0) is 19.4 Å². The number of ether oxygens (including phenoxy) is 1. The average Bonchev–Trinajstić information content (AvgIpc) is 2.47. The maximum atomic E-state index is 5.37. The summed E-state index contributed by atoms with van der Waals surface area (Å²) in [6, 6.07) is 10.6. The molecule has 5 nitrogen and oxygen atoms in total. The Hall–Kier alpha value is -1.82. The van der Waals surface area contributed by atoms with Gasteiger partial charge in [-0.1, -0.05) is 42.1 Å². The topological polar surface area (TPSA) is 59.9 Å². The molecule has 0 fully saturated rings. The van der Waals surface area contributed by atoms with Gasteiger partial charge in [-0.3, -0.25) is 0 Å². The van der Waals surface area contributed by atoms with E-state index in [0.717, 1.165) is 12.3 Å². The molecule has 0 aliphatic rings. The summed E-state index contributed by atoms with van der Waals surface area (Å²) >= 11 is 1.57. The molecular weight excluding hydrogens is 272 g/mol. The molecule has 2 aromatic rings. The van der Waals surface area contributed by atoms with Gasteiger partial charge in [0, 0.05) is 12.3 Å². The summed E-state index contributed by atoms with van der Waals surface area (Å²) in [6.07, 6.45) is 0. The van der Waals surface area contributed by atoms with Gasteiger partial charge in [-0.15, -0.1) is 0 Å². The highest BCUT2D eigenvalue weighted by Gasteiger charge is 2.07. The Morgan fingerprint density at radius 2 is 1.90 bits per heavy atom. The summed E-state index contributed by atoms with van der Waals surface area (Å²) in [5.74, 6) is 1.38. The Morgan fingerprint density at radius 3 is 2.60 bits per heavy atom. The molecule has 1 aromatic carbocycles. The minimum Gasteiger partial charge on any atom is -0.464 e. The van der Waals surface area contributed by atoms with Crippen molar-refractivity contribution < 1.29 is 4.74 Å². The summed E-state index contributed by atoms with van der Waals surface area (Å²) in [5, 5.41) is 3.76. The Morgan fingerprint density at radius 1 is 1.10 bits per heavy atom. The number of anilines is 1. The van der Waals surface area contributed by atoms with Gasteiger partial charge in [-0.2, -0.15) is 15.0 Å². The maximum absolute atomic E-state index is 5.37. The Labute approximate surface area is 123 Å². The molecule has 0 amide bonds. The minimum absolute atomic E-state index is 0.369. The lowest BCUT2D eigenvalue weighted by atomic mass is 10.2. The standard InChI is InChI=1S/C14H18N4OS/c1-3-15-12-16-13(19-4-2)18-14(17-12)20-10-11-8-6-5-7-9-11/h5-9H,3-4,10H2,1-2H3,(H,15,16,17,18). The summed E-state index contributed by atoms with van der Waals surface area (Å²) in [4.78, 5) is 12.9. The van der Waals surface area contributed by atoms with E-state index in [-0.39, 0.29) is 0 Å². The van der Waals surface area contributed by atoms with Crippen LogP contribution in [0.1, 0.15) is 19.4 Å². The Kier molecular flexibility index (Phi) is 5.61. The zero-order chi connectivity index (χ0) is 14.2. The number of nitrogens with zero attached hydrogens (tertiary/aromatic N) is 3. The number of nitrogens with one attached hydrogen (secondary N) is 1. The van der Waals surface area contributed by atoms with E-state index in [9.17, 15) is 0 Å². The molecule has 0 saturated carbocycles. The molecule has 2 rings (SSSR count). The highest BCUT2D eigenvalue weighted by atomic mass is 32.2. The fourth-order valence-electron chi connectivity index (χ4n) is 1.56. The largest absolute Gasteiger partial charge is 0.464 e. The molecule has 0 aliphatic carbocycles. The van der Waals surface area contributed by atoms with Gasteiger partial charge in [0.1, 0.15) is 0 Å². The van der Waals surface area contributed by atoms with Crippen LogP contribution in [-0.4, -0.2) is 28.1 Å². The average molecular weight is 290 g/mol. The van der Waals surface area contributed by atoms with Crippen LogP contribution in [0.5, 0.6) is 6.01 Å². The van der Waals surface area contributed by atoms with Crippen LogP contribution in [0, 0.1) is 0 Å². The van der Waals surface area contributed by atoms with Crippen molar-refractivity contribution in [3.63, 3.8) is 0 Å². The van der Waals surface area contributed by atoms with Crippen LogP contribution in [-0.2, 0) is 5.75 Å². The van der Waals surface area contributed by atoms with Crippen LogP contribution in [0.25, 0.3) is 0 Å². The third-order valence-corrected chi connectivity index (χ3v) is 3.33. The third kappa shape index (κ3) is 4.38. The second-order valence-corrected chi connectivity index (χ2v) is 4.90. The molecule has 20 heavy (non-hydrogen) atoms. The van der Waals surface area contributed by atoms with Crippen LogP contribution in [0.2, 0.25) is 0 Å². The summed E-state index contributed by atoms with van der Waals surface area (Å²) in [7, 11) is 0. The summed E-state index contributed by atoms with van der Waals surface area (Å²) in [5.41, 5.74) is 1.24. The van der Waals surface area contributed by atoms with Crippen molar-refractivity contribution in [2.24, 2.45) is 0 Å². The molecule has 0 saturated heterocycles. The van der Waals surface area contributed by atoms with E-state index in [1.807, 2.05) is 32.0 Å². The maximum Gasteiger partial charge on any atom is 0.322 e. The zero-order valence-corrected chi connectivity index (χ0v) is 12.5. The molecule has 106 valence electrons. The Balaban J connectivity index is 2.09. The number of hydrogen-bond acceptors (Lipinski definition) is 6. The van der Waals surface area contributed by atoms with E-state index in [2.05, 4.69) is 32.4 Å². The lowest BCUT2D eigenvalue weighted by molar-refractivity contribution is 0.308. The molecule has 0 unspecified atom stereocenters. The molecule has 1 heterocycles. The van der Waals surface area contributed by atoms with Crippen molar-refractivity contribution in [1.29, 1.82) is 0 Å². The first-order chi connectivity index (χ1) is 9.81. The van der Waals surface area contributed by atoms with E-state index >= 15 is 0 Å². The van der Waals surface area contributed by atoms with Crippen molar-refractivity contribution >= 4 is 17.7 Å². The number of hydrogen-bond donors (Lipinski definition) is 1. The second-order valence-electron chi connectivity index (χ2n) is 3.96. The monoisotopic (exact) mass is 290 g/mol. The number of thioether (sulfide) groups is 1. The predicted octanol–water partition coefficient (Wildman–Crippen LogP) is 2.99. The van der Waals surface area contributed by atoms with E-state index in [4.69, 9.17) is 4.74 Å². The van der Waals surface area contributed by atoms with Crippen LogP contribution < -0.4 is 10.1 Å². The molecule has 6 heteroatoms. The molecule has 0 radical (unpaired) electrons. The predicted molar refractivity (Wildman–Crippen MR) is 81.2 cm³/mol. The van der Waals surface area contributed by atoms with Gasteiger partial charge in [0.2, 0.25) is 5.95 Å². The van der Waals surface area contributed by atoms with Crippen LogP contribution in [0.3, 0.4) is 0 Å². The van der Waals surface area contributed by atoms with E-state index in [0.29, 0.717) is 23.7 Å². The van der Waals surface area contributed by atoms with Crippen LogP contribution in [0.15, 0.2) is 35.5 Å². The first kappa shape index (κ1) is 14.6. The lowest BCUT2D eigenvalue weighted by Gasteiger charge is -2.07. The molecule has 0 spiro atoms. The summed E-state index contributed by atoms with van der Waals surface area (Å²) < 4.78 is 5.37. The highest BCUT2D eigenvalue weighted by Crippen LogP contribution is 2.21. The van der Waals surface area contributed by atoms with Crippen molar-refractivity contribution in [2.75, 3.05) is 18.5 Å². The number of rotatable bonds is 7. The van der Waals surface area contributed by atoms with Gasteiger partial charge in [0.25, 0.3) is 0 Å². The quantitative estimate of drug-likeness (QED) is 0.791. The van der Waals surface area contributed by atoms with E-state index in [1.54, 1.807) is 11.8 Å². The number of aromatic nitrogens is 3. The van der Waals surface area contributed by atoms with Crippen LogP contribution >= 0.6 is 11.8 Å².